The summed E-state index contributed by atoms with van der Waals surface area (Å²) in [6, 6.07) is 9.42. The van der Waals surface area contributed by atoms with E-state index in [1.54, 1.807) is 0 Å². The molecule has 1 aliphatic heterocycles. The zero-order valence-electron chi connectivity index (χ0n) is 13.6. The van der Waals surface area contributed by atoms with E-state index in [4.69, 9.17) is 5.73 Å². The van der Waals surface area contributed by atoms with Gasteiger partial charge in [-0.15, -0.1) is 0 Å². The van der Waals surface area contributed by atoms with Crippen molar-refractivity contribution >= 4 is 0 Å². The molecule has 2 aliphatic rings. The highest BCUT2D eigenvalue weighted by molar-refractivity contribution is 5.38. The zero-order valence-corrected chi connectivity index (χ0v) is 13.6. The predicted octanol–water partition coefficient (Wildman–Crippen LogP) is 3.69. The summed E-state index contributed by atoms with van der Waals surface area (Å²) in [5.74, 6) is 0.633. The molecule has 1 aliphatic carbocycles. The Hall–Kier alpha value is -0.860. The Labute approximate surface area is 129 Å². The average molecular weight is 286 g/mol. The Morgan fingerprint density at radius 2 is 1.90 bits per heavy atom. The standard InChI is InChI=1S/C19H30N2/c1-15(2)14-19(20)17-9-5-4-8-16(17)10-11-18(19)21-12-6-3-7-13-21/h4-5,8-9,15,18H,3,6-7,10-14,20H2,1-2H3. The summed E-state index contributed by atoms with van der Waals surface area (Å²) >= 11 is 0. The van der Waals surface area contributed by atoms with Crippen LogP contribution in [0.4, 0.5) is 0 Å². The molecule has 0 saturated carbocycles. The summed E-state index contributed by atoms with van der Waals surface area (Å²) in [7, 11) is 0. The van der Waals surface area contributed by atoms with Crippen molar-refractivity contribution in [3.63, 3.8) is 0 Å². The smallest absolute Gasteiger partial charge is 0.0572 e. The summed E-state index contributed by atoms with van der Waals surface area (Å²) in [6.07, 6.45) is 7.58. The summed E-state index contributed by atoms with van der Waals surface area (Å²) < 4.78 is 0. The lowest BCUT2D eigenvalue weighted by molar-refractivity contribution is 0.0703. The van der Waals surface area contributed by atoms with Crippen LogP contribution in [-0.2, 0) is 12.0 Å². The summed E-state index contributed by atoms with van der Waals surface area (Å²) in [5.41, 5.74) is 9.84. The fourth-order valence-electron chi connectivity index (χ4n) is 4.58. The van der Waals surface area contributed by atoms with Gasteiger partial charge in [-0.2, -0.15) is 0 Å². The second kappa shape index (κ2) is 6.10. The molecule has 2 nitrogen and oxygen atoms in total. The maximum atomic E-state index is 7.11. The van der Waals surface area contributed by atoms with Gasteiger partial charge in [-0.3, -0.25) is 4.90 Å². The topological polar surface area (TPSA) is 29.3 Å². The van der Waals surface area contributed by atoms with Gasteiger partial charge in [0.2, 0.25) is 0 Å². The monoisotopic (exact) mass is 286 g/mol. The van der Waals surface area contributed by atoms with Crippen molar-refractivity contribution in [2.75, 3.05) is 13.1 Å². The number of benzene rings is 1. The van der Waals surface area contributed by atoms with E-state index in [0.717, 1.165) is 6.42 Å². The van der Waals surface area contributed by atoms with Gasteiger partial charge in [0.05, 0.1) is 5.54 Å². The van der Waals surface area contributed by atoms with Gasteiger partial charge in [-0.05, 0) is 62.2 Å². The molecule has 1 aromatic rings. The number of hydrogen-bond acceptors (Lipinski definition) is 2. The van der Waals surface area contributed by atoms with Crippen LogP contribution in [0.25, 0.3) is 0 Å². The summed E-state index contributed by atoms with van der Waals surface area (Å²) in [5, 5.41) is 0. The third-order valence-electron chi connectivity index (χ3n) is 5.38. The van der Waals surface area contributed by atoms with E-state index in [2.05, 4.69) is 43.0 Å². The van der Waals surface area contributed by atoms with Crippen LogP contribution in [-0.4, -0.2) is 24.0 Å². The minimum atomic E-state index is -0.166. The lowest BCUT2D eigenvalue weighted by Gasteiger charge is -2.50. The van der Waals surface area contributed by atoms with Crippen molar-refractivity contribution in [2.24, 2.45) is 11.7 Å². The van der Waals surface area contributed by atoms with Crippen molar-refractivity contribution in [1.29, 1.82) is 0 Å². The average Bonchev–Trinajstić information content (AvgIpc) is 2.48. The number of aryl methyl sites for hydroxylation is 1. The Bertz CT molecular complexity index is 476. The summed E-state index contributed by atoms with van der Waals surface area (Å²) in [4.78, 5) is 2.70. The van der Waals surface area contributed by atoms with E-state index in [9.17, 15) is 0 Å². The fourth-order valence-corrected chi connectivity index (χ4v) is 4.58. The SMILES string of the molecule is CC(C)CC1(N)c2ccccc2CCC1N1CCCCC1. The van der Waals surface area contributed by atoms with Gasteiger partial charge in [-0.1, -0.05) is 44.5 Å². The molecule has 0 amide bonds. The van der Waals surface area contributed by atoms with Gasteiger partial charge in [0.1, 0.15) is 0 Å². The van der Waals surface area contributed by atoms with Crippen LogP contribution in [0.2, 0.25) is 0 Å². The Morgan fingerprint density at radius 3 is 2.62 bits per heavy atom. The molecule has 1 aromatic carbocycles. The van der Waals surface area contributed by atoms with Crippen molar-refractivity contribution in [3.05, 3.63) is 35.4 Å². The van der Waals surface area contributed by atoms with Gasteiger partial charge in [0.15, 0.2) is 0 Å². The molecule has 1 heterocycles. The van der Waals surface area contributed by atoms with Gasteiger partial charge in [-0.25, -0.2) is 0 Å². The van der Waals surface area contributed by atoms with E-state index < -0.39 is 0 Å². The van der Waals surface area contributed by atoms with E-state index in [0.29, 0.717) is 12.0 Å². The summed E-state index contributed by atoms with van der Waals surface area (Å²) in [6.45, 7) is 7.09. The number of rotatable bonds is 3. The molecule has 116 valence electrons. The highest BCUT2D eigenvalue weighted by atomic mass is 15.2. The van der Waals surface area contributed by atoms with Crippen LogP contribution >= 0.6 is 0 Å². The van der Waals surface area contributed by atoms with E-state index in [1.165, 1.54) is 56.3 Å². The van der Waals surface area contributed by atoms with Crippen LogP contribution in [0.15, 0.2) is 24.3 Å². The second-order valence-corrected chi connectivity index (χ2v) is 7.45. The molecule has 2 N–H and O–H groups in total. The first-order chi connectivity index (χ1) is 10.1. The largest absolute Gasteiger partial charge is 0.320 e. The second-order valence-electron chi connectivity index (χ2n) is 7.45. The highest BCUT2D eigenvalue weighted by Crippen LogP contribution is 2.41. The molecule has 0 bridgehead atoms. The molecule has 2 heteroatoms. The molecular weight excluding hydrogens is 256 g/mol. The maximum Gasteiger partial charge on any atom is 0.0572 e. The maximum absolute atomic E-state index is 7.11. The molecule has 2 atom stereocenters. The Morgan fingerprint density at radius 1 is 1.19 bits per heavy atom. The van der Waals surface area contributed by atoms with Crippen molar-refractivity contribution in [3.8, 4) is 0 Å². The lowest BCUT2D eigenvalue weighted by atomic mass is 9.69. The van der Waals surface area contributed by atoms with Crippen LogP contribution in [0.3, 0.4) is 0 Å². The zero-order chi connectivity index (χ0) is 14.9. The molecule has 1 fully saturated rings. The first kappa shape index (κ1) is 15.1. The Balaban J connectivity index is 1.96. The van der Waals surface area contributed by atoms with Crippen LogP contribution in [0.5, 0.6) is 0 Å². The molecule has 1 saturated heterocycles. The molecule has 0 aromatic heterocycles. The van der Waals surface area contributed by atoms with Crippen molar-refractivity contribution in [2.45, 2.75) is 64.0 Å². The molecule has 0 radical (unpaired) electrons. The molecule has 0 spiro atoms. The van der Waals surface area contributed by atoms with Gasteiger partial charge in [0.25, 0.3) is 0 Å². The Kier molecular flexibility index (Phi) is 4.37. The molecular formula is C19H30N2. The molecule has 21 heavy (non-hydrogen) atoms. The number of piperidine rings is 1. The highest BCUT2D eigenvalue weighted by Gasteiger charge is 2.44. The number of nitrogens with zero attached hydrogens (tertiary/aromatic N) is 1. The number of hydrogen-bond donors (Lipinski definition) is 1. The number of fused-ring (bicyclic) bond motifs is 1. The van der Waals surface area contributed by atoms with Crippen molar-refractivity contribution in [1.82, 2.24) is 4.90 Å². The van der Waals surface area contributed by atoms with E-state index >= 15 is 0 Å². The normalized spacial score (nSPS) is 30.4. The van der Waals surface area contributed by atoms with Crippen LogP contribution in [0.1, 0.15) is 57.1 Å². The van der Waals surface area contributed by atoms with Gasteiger partial charge >= 0.3 is 0 Å². The third kappa shape index (κ3) is 2.89. The van der Waals surface area contributed by atoms with Gasteiger partial charge in [0, 0.05) is 6.04 Å². The van der Waals surface area contributed by atoms with Crippen molar-refractivity contribution < 1.29 is 0 Å². The minimum Gasteiger partial charge on any atom is -0.320 e. The van der Waals surface area contributed by atoms with Crippen LogP contribution in [0, 0.1) is 5.92 Å². The quantitative estimate of drug-likeness (QED) is 0.918. The van der Waals surface area contributed by atoms with Gasteiger partial charge < -0.3 is 5.73 Å². The third-order valence-corrected chi connectivity index (χ3v) is 5.38. The molecule has 2 unspecified atom stereocenters. The number of nitrogens with two attached hydrogens (primary N) is 1. The van der Waals surface area contributed by atoms with E-state index in [1.807, 2.05) is 0 Å². The first-order valence-corrected chi connectivity index (χ1v) is 8.72. The molecule has 3 rings (SSSR count). The predicted molar refractivity (Wildman–Crippen MR) is 89.3 cm³/mol. The minimum absolute atomic E-state index is 0.166. The van der Waals surface area contributed by atoms with E-state index in [-0.39, 0.29) is 5.54 Å². The fraction of sp³-hybridized carbons (Fsp3) is 0.684. The first-order valence-electron chi connectivity index (χ1n) is 8.72. The number of likely N-dealkylation sites (tertiary alicyclic amines) is 1. The van der Waals surface area contributed by atoms with Crippen LogP contribution < -0.4 is 5.73 Å². The lowest BCUT2D eigenvalue weighted by Crippen LogP contribution is -2.59.